The van der Waals surface area contributed by atoms with Crippen molar-refractivity contribution < 1.29 is 13.5 Å². The highest BCUT2D eigenvalue weighted by Crippen LogP contribution is 2.23. The lowest BCUT2D eigenvalue weighted by Crippen LogP contribution is -2.38. The van der Waals surface area contributed by atoms with Crippen LogP contribution >= 0.6 is 0 Å². The molecule has 0 bridgehead atoms. The Morgan fingerprint density at radius 2 is 2.09 bits per heavy atom. The van der Waals surface area contributed by atoms with E-state index < -0.39 is 9.84 Å². The second-order valence-corrected chi connectivity index (χ2v) is 8.67. The summed E-state index contributed by atoms with van der Waals surface area (Å²) < 4.78 is 25.5. The second kappa shape index (κ2) is 6.68. The van der Waals surface area contributed by atoms with Crippen LogP contribution in [0.4, 0.5) is 0 Å². The summed E-state index contributed by atoms with van der Waals surface area (Å²) in [6.07, 6.45) is 0.652. The van der Waals surface area contributed by atoms with E-state index in [1.807, 2.05) is 11.6 Å². The SMILES string of the molecule is Cc1nn(C(C)C)c(C)c1CN(CCO)[C@@H]1CCS(=O)(=O)C1. The van der Waals surface area contributed by atoms with Crippen LogP contribution < -0.4 is 0 Å². The van der Waals surface area contributed by atoms with Crippen molar-refractivity contribution in [1.29, 1.82) is 0 Å². The van der Waals surface area contributed by atoms with Crippen molar-refractivity contribution in [2.75, 3.05) is 24.7 Å². The van der Waals surface area contributed by atoms with Gasteiger partial charge in [-0.2, -0.15) is 5.10 Å². The monoisotopic (exact) mass is 329 g/mol. The molecular formula is C15H27N3O3S. The maximum absolute atomic E-state index is 11.7. The fourth-order valence-electron chi connectivity index (χ4n) is 3.21. The van der Waals surface area contributed by atoms with Gasteiger partial charge in [-0.1, -0.05) is 0 Å². The molecule has 2 heterocycles. The quantitative estimate of drug-likeness (QED) is 0.845. The van der Waals surface area contributed by atoms with Gasteiger partial charge in [0.1, 0.15) is 0 Å². The first kappa shape index (κ1) is 17.4. The smallest absolute Gasteiger partial charge is 0.151 e. The number of aliphatic hydroxyl groups is 1. The molecule has 7 heteroatoms. The van der Waals surface area contributed by atoms with Crippen molar-refractivity contribution >= 4 is 9.84 Å². The molecule has 22 heavy (non-hydrogen) atoms. The Kier molecular flexibility index (Phi) is 5.29. The molecule has 0 aliphatic carbocycles. The number of nitrogens with zero attached hydrogens (tertiary/aromatic N) is 3. The molecule has 0 amide bonds. The Morgan fingerprint density at radius 3 is 2.55 bits per heavy atom. The van der Waals surface area contributed by atoms with Crippen LogP contribution in [0.1, 0.15) is 43.3 Å². The maximum atomic E-state index is 11.7. The summed E-state index contributed by atoms with van der Waals surface area (Å²) >= 11 is 0. The van der Waals surface area contributed by atoms with Crippen molar-refractivity contribution in [2.45, 2.75) is 52.7 Å². The predicted octanol–water partition coefficient (Wildman–Crippen LogP) is 1.06. The van der Waals surface area contributed by atoms with Gasteiger partial charge in [-0.3, -0.25) is 9.58 Å². The molecule has 126 valence electrons. The Morgan fingerprint density at radius 1 is 1.41 bits per heavy atom. The average molecular weight is 329 g/mol. The summed E-state index contributed by atoms with van der Waals surface area (Å²) in [5.41, 5.74) is 3.25. The summed E-state index contributed by atoms with van der Waals surface area (Å²) in [5, 5.41) is 13.9. The Labute approximate surface area is 133 Å². The molecule has 1 atom stereocenters. The van der Waals surface area contributed by atoms with Gasteiger partial charge >= 0.3 is 0 Å². The van der Waals surface area contributed by atoms with E-state index in [0.717, 1.165) is 17.0 Å². The lowest BCUT2D eigenvalue weighted by atomic mass is 10.1. The average Bonchev–Trinajstić information content (AvgIpc) is 2.91. The molecule has 0 aromatic carbocycles. The molecule has 0 unspecified atom stereocenters. The molecular weight excluding hydrogens is 302 g/mol. The van der Waals surface area contributed by atoms with Crippen LogP contribution in [-0.4, -0.2) is 58.9 Å². The van der Waals surface area contributed by atoms with Crippen LogP contribution in [0.2, 0.25) is 0 Å². The van der Waals surface area contributed by atoms with Gasteiger partial charge in [0, 0.05) is 36.4 Å². The number of sulfone groups is 1. The van der Waals surface area contributed by atoms with E-state index in [2.05, 4.69) is 30.8 Å². The van der Waals surface area contributed by atoms with Crippen LogP contribution in [0.5, 0.6) is 0 Å². The second-order valence-electron chi connectivity index (χ2n) is 6.44. The molecule has 1 aliphatic rings. The van der Waals surface area contributed by atoms with E-state index in [4.69, 9.17) is 0 Å². The Hall–Kier alpha value is -0.920. The molecule has 1 fully saturated rings. The van der Waals surface area contributed by atoms with Crippen LogP contribution in [0.3, 0.4) is 0 Å². The normalized spacial score (nSPS) is 21.1. The van der Waals surface area contributed by atoms with Crippen LogP contribution in [-0.2, 0) is 16.4 Å². The molecule has 0 radical (unpaired) electrons. The summed E-state index contributed by atoms with van der Waals surface area (Å²) in [6, 6.07) is 0.295. The predicted molar refractivity (Wildman–Crippen MR) is 86.6 cm³/mol. The van der Waals surface area contributed by atoms with Crippen molar-refractivity contribution in [3.05, 3.63) is 17.0 Å². The zero-order valence-electron chi connectivity index (χ0n) is 13.9. The van der Waals surface area contributed by atoms with E-state index in [0.29, 0.717) is 25.6 Å². The number of aryl methyl sites for hydroxylation is 1. The molecule has 0 saturated carbocycles. The van der Waals surface area contributed by atoms with Gasteiger partial charge in [0.05, 0.1) is 23.8 Å². The Balaban J connectivity index is 2.22. The molecule has 1 aromatic rings. The van der Waals surface area contributed by atoms with Crippen LogP contribution in [0, 0.1) is 13.8 Å². The zero-order chi connectivity index (χ0) is 16.5. The number of aromatic nitrogens is 2. The number of hydrogen-bond donors (Lipinski definition) is 1. The Bertz CT molecular complexity index is 622. The summed E-state index contributed by atoms with van der Waals surface area (Å²) in [5.74, 6) is 0.451. The highest BCUT2D eigenvalue weighted by atomic mass is 32.2. The van der Waals surface area contributed by atoms with Gasteiger partial charge < -0.3 is 5.11 Å². The number of rotatable bonds is 6. The van der Waals surface area contributed by atoms with Gasteiger partial charge in [0.2, 0.25) is 0 Å². The molecule has 1 N–H and O–H groups in total. The summed E-state index contributed by atoms with van der Waals surface area (Å²) in [4.78, 5) is 2.09. The third-order valence-electron chi connectivity index (χ3n) is 4.44. The number of hydrogen-bond acceptors (Lipinski definition) is 5. The highest BCUT2D eigenvalue weighted by molar-refractivity contribution is 7.91. The minimum Gasteiger partial charge on any atom is -0.395 e. The molecule has 0 spiro atoms. The maximum Gasteiger partial charge on any atom is 0.151 e. The van der Waals surface area contributed by atoms with Gasteiger partial charge in [0.15, 0.2) is 9.84 Å². The third kappa shape index (κ3) is 3.70. The van der Waals surface area contributed by atoms with Gasteiger partial charge in [-0.25, -0.2) is 8.42 Å². The first-order chi connectivity index (χ1) is 10.2. The minimum atomic E-state index is -2.92. The fraction of sp³-hybridized carbons (Fsp3) is 0.800. The molecule has 6 nitrogen and oxygen atoms in total. The zero-order valence-corrected chi connectivity index (χ0v) is 14.7. The fourth-order valence-corrected chi connectivity index (χ4v) is 4.98. The van der Waals surface area contributed by atoms with Gasteiger partial charge in [-0.15, -0.1) is 0 Å². The van der Waals surface area contributed by atoms with E-state index in [-0.39, 0.29) is 24.2 Å². The third-order valence-corrected chi connectivity index (χ3v) is 6.19. The summed E-state index contributed by atoms with van der Waals surface area (Å²) in [7, 11) is -2.92. The standard InChI is InChI=1S/C15H27N3O3S/c1-11(2)18-13(4)15(12(3)16-18)9-17(6-7-19)14-5-8-22(20,21)10-14/h11,14,19H,5-10H2,1-4H3/t14-/m1/s1. The van der Waals surface area contributed by atoms with Gasteiger partial charge in [-0.05, 0) is 34.1 Å². The largest absolute Gasteiger partial charge is 0.395 e. The molecule has 1 aliphatic heterocycles. The lowest BCUT2D eigenvalue weighted by Gasteiger charge is -2.27. The van der Waals surface area contributed by atoms with Crippen LogP contribution in [0.15, 0.2) is 0 Å². The first-order valence-electron chi connectivity index (χ1n) is 7.85. The first-order valence-corrected chi connectivity index (χ1v) is 9.67. The highest BCUT2D eigenvalue weighted by Gasteiger charge is 2.32. The van der Waals surface area contributed by atoms with Crippen molar-refractivity contribution in [1.82, 2.24) is 14.7 Å². The topological polar surface area (TPSA) is 75.4 Å². The van der Waals surface area contributed by atoms with Gasteiger partial charge in [0.25, 0.3) is 0 Å². The lowest BCUT2D eigenvalue weighted by molar-refractivity contribution is 0.153. The molecule has 2 rings (SSSR count). The van der Waals surface area contributed by atoms with E-state index in [1.165, 1.54) is 0 Å². The molecule has 1 aromatic heterocycles. The summed E-state index contributed by atoms with van der Waals surface area (Å²) in [6.45, 7) is 9.40. The van der Waals surface area contributed by atoms with Crippen molar-refractivity contribution in [3.63, 3.8) is 0 Å². The van der Waals surface area contributed by atoms with E-state index in [1.54, 1.807) is 0 Å². The van der Waals surface area contributed by atoms with Crippen molar-refractivity contribution in [3.8, 4) is 0 Å². The van der Waals surface area contributed by atoms with Crippen LogP contribution in [0.25, 0.3) is 0 Å². The van der Waals surface area contributed by atoms with Crippen molar-refractivity contribution in [2.24, 2.45) is 0 Å². The van der Waals surface area contributed by atoms with E-state index >= 15 is 0 Å². The number of aliphatic hydroxyl groups excluding tert-OH is 1. The van der Waals surface area contributed by atoms with E-state index in [9.17, 15) is 13.5 Å². The molecule has 1 saturated heterocycles. The minimum absolute atomic E-state index is 0.00153.